The van der Waals surface area contributed by atoms with Crippen molar-refractivity contribution in [2.75, 3.05) is 6.54 Å². The van der Waals surface area contributed by atoms with Crippen LogP contribution in [-0.2, 0) is 6.42 Å². The summed E-state index contributed by atoms with van der Waals surface area (Å²) >= 11 is 1.68. The minimum Gasteiger partial charge on any atom is -0.440 e. The summed E-state index contributed by atoms with van der Waals surface area (Å²) < 4.78 is 5.65. The third kappa shape index (κ3) is 2.27. The molecule has 0 fully saturated rings. The molecule has 2 rings (SSSR count). The van der Waals surface area contributed by atoms with E-state index in [1.54, 1.807) is 17.5 Å². The topological polar surface area (TPSA) is 52.0 Å². The third-order valence-corrected chi connectivity index (χ3v) is 3.27. The van der Waals surface area contributed by atoms with Crippen LogP contribution in [0.1, 0.15) is 17.9 Å². The molecule has 0 spiro atoms. The molecular formula is C11H14N2OS. The van der Waals surface area contributed by atoms with Crippen LogP contribution in [0.2, 0.25) is 0 Å². The molecule has 0 radical (unpaired) electrons. The first kappa shape index (κ1) is 10.4. The molecule has 0 saturated carbocycles. The molecule has 2 aromatic rings. The summed E-state index contributed by atoms with van der Waals surface area (Å²) in [7, 11) is 0. The van der Waals surface area contributed by atoms with Crippen LogP contribution < -0.4 is 5.73 Å². The fourth-order valence-electron chi connectivity index (χ4n) is 1.41. The zero-order chi connectivity index (χ0) is 10.7. The Hall–Kier alpha value is -1.13. The number of aromatic nitrogens is 1. The van der Waals surface area contributed by atoms with Gasteiger partial charge in [0.15, 0.2) is 11.7 Å². The summed E-state index contributed by atoms with van der Waals surface area (Å²) in [5.74, 6) is 1.65. The molecule has 4 heteroatoms. The van der Waals surface area contributed by atoms with Crippen molar-refractivity contribution in [1.29, 1.82) is 0 Å². The molecule has 0 saturated heterocycles. The third-order valence-electron chi connectivity index (χ3n) is 2.23. The summed E-state index contributed by atoms with van der Waals surface area (Å²) in [5.41, 5.74) is 6.67. The van der Waals surface area contributed by atoms with E-state index >= 15 is 0 Å². The smallest absolute Gasteiger partial charge is 0.194 e. The van der Waals surface area contributed by atoms with Crippen LogP contribution in [0.15, 0.2) is 22.1 Å². The Morgan fingerprint density at radius 1 is 1.53 bits per heavy atom. The van der Waals surface area contributed by atoms with Gasteiger partial charge in [0.25, 0.3) is 0 Å². The van der Waals surface area contributed by atoms with Gasteiger partial charge in [-0.3, -0.25) is 0 Å². The number of oxazole rings is 1. The van der Waals surface area contributed by atoms with Crippen LogP contribution in [0.4, 0.5) is 0 Å². The minimum absolute atomic E-state index is 0.676. The second-order valence-corrected chi connectivity index (χ2v) is 4.36. The van der Waals surface area contributed by atoms with Gasteiger partial charge in [0.1, 0.15) is 0 Å². The predicted octanol–water partition coefficient (Wildman–Crippen LogP) is 2.60. The minimum atomic E-state index is 0.676. The molecule has 15 heavy (non-hydrogen) atoms. The van der Waals surface area contributed by atoms with E-state index in [1.807, 2.05) is 0 Å². The highest BCUT2D eigenvalue weighted by atomic mass is 32.1. The van der Waals surface area contributed by atoms with E-state index in [0.717, 1.165) is 24.5 Å². The molecule has 0 atom stereocenters. The molecule has 80 valence electrons. The summed E-state index contributed by atoms with van der Waals surface area (Å²) in [5, 5.41) is 2.06. The monoisotopic (exact) mass is 222 g/mol. The quantitative estimate of drug-likeness (QED) is 0.865. The predicted molar refractivity (Wildman–Crippen MR) is 61.9 cm³/mol. The van der Waals surface area contributed by atoms with Crippen LogP contribution >= 0.6 is 11.3 Å². The largest absolute Gasteiger partial charge is 0.440 e. The van der Waals surface area contributed by atoms with Gasteiger partial charge in [0, 0.05) is 6.42 Å². The summed E-state index contributed by atoms with van der Waals surface area (Å²) in [6, 6.07) is 2.09. The van der Waals surface area contributed by atoms with E-state index in [-0.39, 0.29) is 0 Å². The Morgan fingerprint density at radius 3 is 3.07 bits per heavy atom. The van der Waals surface area contributed by atoms with Crippen molar-refractivity contribution in [1.82, 2.24) is 4.98 Å². The lowest BCUT2D eigenvalue weighted by atomic mass is 10.2. The van der Waals surface area contributed by atoms with Gasteiger partial charge in [0.05, 0.1) is 11.1 Å². The first-order chi connectivity index (χ1) is 7.31. The van der Waals surface area contributed by atoms with E-state index in [4.69, 9.17) is 10.2 Å². The van der Waals surface area contributed by atoms with Crippen molar-refractivity contribution in [3.05, 3.63) is 29.1 Å². The number of thiophene rings is 1. The van der Waals surface area contributed by atoms with Crippen molar-refractivity contribution in [3.8, 4) is 10.6 Å². The zero-order valence-corrected chi connectivity index (χ0v) is 9.51. The Bertz CT molecular complexity index is 433. The molecule has 0 bridgehead atoms. The molecule has 3 nitrogen and oxygen atoms in total. The lowest BCUT2D eigenvalue weighted by molar-refractivity contribution is 0.500. The summed E-state index contributed by atoms with van der Waals surface area (Å²) in [4.78, 5) is 5.40. The first-order valence-corrected chi connectivity index (χ1v) is 5.88. The molecule has 0 aliphatic carbocycles. The van der Waals surface area contributed by atoms with Crippen molar-refractivity contribution < 1.29 is 4.42 Å². The number of rotatable bonds is 4. The maximum Gasteiger partial charge on any atom is 0.194 e. The van der Waals surface area contributed by atoms with Gasteiger partial charge in [-0.1, -0.05) is 0 Å². The van der Waals surface area contributed by atoms with Gasteiger partial charge >= 0.3 is 0 Å². The molecule has 0 aromatic carbocycles. The molecule has 0 aliphatic heterocycles. The summed E-state index contributed by atoms with van der Waals surface area (Å²) in [6.07, 6.45) is 3.54. The second-order valence-electron chi connectivity index (χ2n) is 3.44. The van der Waals surface area contributed by atoms with Crippen molar-refractivity contribution >= 4 is 11.3 Å². The number of hydrogen-bond acceptors (Lipinski definition) is 4. The fourth-order valence-corrected chi connectivity index (χ4v) is 2.28. The fraction of sp³-hybridized carbons (Fsp3) is 0.364. The number of aryl methyl sites for hydroxylation is 2. The second kappa shape index (κ2) is 4.59. The molecule has 0 aliphatic rings. The molecule has 0 amide bonds. The van der Waals surface area contributed by atoms with Crippen LogP contribution in [0.25, 0.3) is 10.6 Å². The lowest BCUT2D eigenvalue weighted by Crippen LogP contribution is -2.00. The van der Waals surface area contributed by atoms with Crippen LogP contribution in [0.3, 0.4) is 0 Å². The molecule has 2 aromatic heterocycles. The Kier molecular flexibility index (Phi) is 3.18. The van der Waals surface area contributed by atoms with Gasteiger partial charge in [-0.05, 0) is 36.9 Å². The highest BCUT2D eigenvalue weighted by Gasteiger charge is 2.09. The van der Waals surface area contributed by atoms with Crippen molar-refractivity contribution in [2.45, 2.75) is 19.8 Å². The van der Waals surface area contributed by atoms with E-state index in [0.29, 0.717) is 6.54 Å². The van der Waals surface area contributed by atoms with Crippen LogP contribution in [0, 0.1) is 6.92 Å². The zero-order valence-electron chi connectivity index (χ0n) is 8.69. The maximum atomic E-state index is 5.65. The van der Waals surface area contributed by atoms with E-state index in [2.05, 4.69) is 23.4 Å². The van der Waals surface area contributed by atoms with E-state index < -0.39 is 0 Å². The summed E-state index contributed by atoms with van der Waals surface area (Å²) in [6.45, 7) is 2.75. The first-order valence-electron chi connectivity index (χ1n) is 5.00. The molecule has 2 heterocycles. The van der Waals surface area contributed by atoms with Gasteiger partial charge in [-0.15, -0.1) is 11.3 Å². The number of hydrogen-bond donors (Lipinski definition) is 1. The average molecular weight is 222 g/mol. The lowest BCUT2D eigenvalue weighted by Gasteiger charge is -1.93. The highest BCUT2D eigenvalue weighted by molar-refractivity contribution is 7.13. The van der Waals surface area contributed by atoms with Gasteiger partial charge in [-0.2, -0.15) is 0 Å². The maximum absolute atomic E-state index is 5.65. The number of nitrogens with two attached hydrogens (primary N) is 1. The molecule has 0 unspecified atom stereocenters. The number of nitrogens with zero attached hydrogens (tertiary/aromatic N) is 1. The Morgan fingerprint density at radius 2 is 2.40 bits per heavy atom. The SMILES string of the molecule is Cc1ccsc1-c1cnc(CCCN)o1. The van der Waals surface area contributed by atoms with Gasteiger partial charge in [0.2, 0.25) is 0 Å². The van der Waals surface area contributed by atoms with Crippen molar-refractivity contribution in [2.24, 2.45) is 5.73 Å². The molecular weight excluding hydrogens is 208 g/mol. The Labute approximate surface area is 92.9 Å². The van der Waals surface area contributed by atoms with Gasteiger partial charge in [-0.25, -0.2) is 4.98 Å². The van der Waals surface area contributed by atoms with Crippen LogP contribution in [-0.4, -0.2) is 11.5 Å². The van der Waals surface area contributed by atoms with Gasteiger partial charge < -0.3 is 10.2 Å². The van der Waals surface area contributed by atoms with E-state index in [1.165, 1.54) is 10.4 Å². The Balaban J connectivity index is 2.17. The van der Waals surface area contributed by atoms with E-state index in [9.17, 15) is 0 Å². The standard InChI is InChI=1S/C11H14N2OS/c1-8-4-6-15-11(8)9-7-13-10(14-9)3-2-5-12/h4,6-7H,2-3,5,12H2,1H3. The normalized spacial score (nSPS) is 10.8. The average Bonchev–Trinajstić information content (AvgIpc) is 2.83. The van der Waals surface area contributed by atoms with Crippen molar-refractivity contribution in [3.63, 3.8) is 0 Å². The molecule has 2 N–H and O–H groups in total. The highest BCUT2D eigenvalue weighted by Crippen LogP contribution is 2.29. The van der Waals surface area contributed by atoms with Crippen LogP contribution in [0.5, 0.6) is 0 Å².